The number of hydrogen-bond donors (Lipinski definition) is 3. The van der Waals surface area contributed by atoms with Crippen LogP contribution >= 0.6 is 0 Å². The molecule has 0 unspecified atom stereocenters. The van der Waals surface area contributed by atoms with Crippen LogP contribution in [0.3, 0.4) is 0 Å². The van der Waals surface area contributed by atoms with Crippen molar-refractivity contribution in [3.05, 3.63) is 23.8 Å². The molecule has 0 aliphatic rings. The van der Waals surface area contributed by atoms with Crippen LogP contribution in [0.2, 0.25) is 0 Å². The van der Waals surface area contributed by atoms with E-state index in [0.29, 0.717) is 22.3 Å². The van der Waals surface area contributed by atoms with Crippen molar-refractivity contribution in [1.82, 2.24) is 15.3 Å². The van der Waals surface area contributed by atoms with Crippen molar-refractivity contribution in [3.63, 3.8) is 0 Å². The lowest BCUT2D eigenvalue weighted by molar-refractivity contribution is 0.0945. The topological polar surface area (TPSA) is 92.9 Å². The number of carbonyl (C=O) groups excluding carboxylic acids is 1. The lowest BCUT2D eigenvalue weighted by Crippen LogP contribution is -2.30. The smallest absolute Gasteiger partial charge is 0.252 e. The number of amides is 1. The molecule has 0 bridgehead atoms. The Morgan fingerprint density at radius 2 is 2.09 bits per heavy atom. The van der Waals surface area contributed by atoms with Gasteiger partial charge in [-0.3, -0.25) is 4.79 Å². The summed E-state index contributed by atoms with van der Waals surface area (Å²) in [7, 11) is 0. The Kier molecular flexibility index (Phi) is 5.14. The highest BCUT2D eigenvalue weighted by Crippen LogP contribution is 2.25. The van der Waals surface area contributed by atoms with Crippen LogP contribution < -0.4 is 16.4 Å². The zero-order valence-electron chi connectivity index (χ0n) is 13.3. The largest absolute Gasteiger partial charge is 0.369 e. The van der Waals surface area contributed by atoms with E-state index in [1.165, 1.54) is 0 Å². The van der Waals surface area contributed by atoms with Gasteiger partial charge in [-0.15, -0.1) is 0 Å². The highest BCUT2D eigenvalue weighted by atomic mass is 16.1. The van der Waals surface area contributed by atoms with Gasteiger partial charge in [-0.05, 0) is 32.4 Å². The highest BCUT2D eigenvalue weighted by molar-refractivity contribution is 6.10. The molecule has 22 heavy (non-hydrogen) atoms. The molecule has 0 saturated heterocycles. The fraction of sp³-hybridized carbons (Fsp3) is 0.438. The van der Waals surface area contributed by atoms with Crippen LogP contribution in [0.25, 0.3) is 10.9 Å². The quantitative estimate of drug-likeness (QED) is 0.713. The summed E-state index contributed by atoms with van der Waals surface area (Å²) in [5.74, 6) is 0.686. The number of rotatable bonds is 6. The van der Waals surface area contributed by atoms with Crippen LogP contribution in [0.15, 0.2) is 18.2 Å². The molecule has 1 amide bonds. The first-order chi connectivity index (χ1) is 10.5. The van der Waals surface area contributed by atoms with E-state index in [4.69, 9.17) is 5.73 Å². The fourth-order valence-corrected chi connectivity index (χ4v) is 2.24. The number of nitrogen functional groups attached to an aromatic ring is 1. The Morgan fingerprint density at radius 3 is 2.77 bits per heavy atom. The summed E-state index contributed by atoms with van der Waals surface area (Å²) in [6.45, 7) is 6.76. The van der Waals surface area contributed by atoms with Gasteiger partial charge in [-0.1, -0.05) is 19.4 Å². The fourth-order valence-electron chi connectivity index (χ4n) is 2.24. The van der Waals surface area contributed by atoms with E-state index in [1.807, 2.05) is 19.9 Å². The zero-order valence-corrected chi connectivity index (χ0v) is 13.3. The molecule has 0 saturated carbocycles. The predicted molar refractivity (Wildman–Crippen MR) is 90.0 cm³/mol. The summed E-state index contributed by atoms with van der Waals surface area (Å²) < 4.78 is 0. The first-order valence-corrected chi connectivity index (χ1v) is 7.64. The lowest BCUT2D eigenvalue weighted by Gasteiger charge is -2.14. The SMILES string of the molecule is CCCCNc1nc(N)nc2cccc(C(=O)NC(C)C)c12. The van der Waals surface area contributed by atoms with Crippen LogP contribution in [0.1, 0.15) is 44.0 Å². The van der Waals surface area contributed by atoms with E-state index in [-0.39, 0.29) is 17.9 Å². The van der Waals surface area contributed by atoms with E-state index in [9.17, 15) is 4.79 Å². The van der Waals surface area contributed by atoms with Crippen molar-refractivity contribution in [1.29, 1.82) is 0 Å². The Bertz CT molecular complexity index is 669. The van der Waals surface area contributed by atoms with Crippen molar-refractivity contribution in [2.75, 3.05) is 17.6 Å². The summed E-state index contributed by atoms with van der Waals surface area (Å²) in [5, 5.41) is 6.89. The van der Waals surface area contributed by atoms with E-state index in [1.54, 1.807) is 12.1 Å². The standard InChI is InChI=1S/C16H23N5O/c1-4-5-9-18-14-13-11(15(22)19-10(2)3)7-6-8-12(13)20-16(17)21-14/h6-8,10H,4-5,9H2,1-3H3,(H,19,22)(H3,17,18,20,21). The minimum atomic E-state index is -0.132. The Hall–Kier alpha value is -2.37. The molecule has 0 atom stereocenters. The number of nitrogens with one attached hydrogen (secondary N) is 2. The van der Waals surface area contributed by atoms with Gasteiger partial charge in [0, 0.05) is 12.6 Å². The van der Waals surface area contributed by atoms with Gasteiger partial charge in [-0.2, -0.15) is 4.98 Å². The van der Waals surface area contributed by atoms with E-state index in [2.05, 4.69) is 27.5 Å². The van der Waals surface area contributed by atoms with Gasteiger partial charge in [0.2, 0.25) is 5.95 Å². The second-order valence-electron chi connectivity index (χ2n) is 5.54. The lowest BCUT2D eigenvalue weighted by atomic mass is 10.1. The molecule has 0 aliphatic carbocycles. The minimum Gasteiger partial charge on any atom is -0.369 e. The van der Waals surface area contributed by atoms with Crippen molar-refractivity contribution in [2.45, 2.75) is 39.7 Å². The maximum absolute atomic E-state index is 12.4. The minimum absolute atomic E-state index is 0.0638. The molecule has 2 aromatic rings. The molecule has 0 aliphatic heterocycles. The van der Waals surface area contributed by atoms with Gasteiger partial charge in [0.1, 0.15) is 5.82 Å². The molecule has 6 nitrogen and oxygen atoms in total. The van der Waals surface area contributed by atoms with Crippen molar-refractivity contribution < 1.29 is 4.79 Å². The number of nitrogens with zero attached hydrogens (tertiary/aromatic N) is 2. The van der Waals surface area contributed by atoms with Crippen LogP contribution in [0, 0.1) is 0 Å². The summed E-state index contributed by atoms with van der Waals surface area (Å²) in [6, 6.07) is 5.49. The molecule has 0 spiro atoms. The molecule has 1 aromatic carbocycles. The average Bonchev–Trinajstić information content (AvgIpc) is 2.45. The second kappa shape index (κ2) is 7.06. The van der Waals surface area contributed by atoms with Crippen molar-refractivity contribution in [3.8, 4) is 0 Å². The van der Waals surface area contributed by atoms with Gasteiger partial charge in [0.15, 0.2) is 0 Å². The third-order valence-corrected chi connectivity index (χ3v) is 3.23. The van der Waals surface area contributed by atoms with Crippen molar-refractivity contribution in [2.24, 2.45) is 0 Å². The summed E-state index contributed by atoms with van der Waals surface area (Å²) >= 11 is 0. The van der Waals surface area contributed by atoms with Crippen LogP contribution in [-0.2, 0) is 0 Å². The zero-order chi connectivity index (χ0) is 16.1. The van der Waals surface area contributed by atoms with Crippen LogP contribution in [0.5, 0.6) is 0 Å². The maximum Gasteiger partial charge on any atom is 0.252 e. The third kappa shape index (κ3) is 3.63. The number of anilines is 2. The maximum atomic E-state index is 12.4. The van der Waals surface area contributed by atoms with E-state index in [0.717, 1.165) is 19.4 Å². The van der Waals surface area contributed by atoms with Gasteiger partial charge in [0.05, 0.1) is 16.5 Å². The number of unbranched alkanes of at least 4 members (excludes halogenated alkanes) is 1. The Balaban J connectivity index is 2.50. The molecule has 6 heteroatoms. The molecule has 1 heterocycles. The van der Waals surface area contributed by atoms with Crippen LogP contribution in [-0.4, -0.2) is 28.5 Å². The normalized spacial score (nSPS) is 10.9. The highest BCUT2D eigenvalue weighted by Gasteiger charge is 2.16. The number of aromatic nitrogens is 2. The molecule has 1 aromatic heterocycles. The first kappa shape index (κ1) is 16.0. The number of hydrogen-bond acceptors (Lipinski definition) is 5. The van der Waals surface area contributed by atoms with E-state index >= 15 is 0 Å². The van der Waals surface area contributed by atoms with Crippen LogP contribution in [0.4, 0.5) is 11.8 Å². The molecule has 4 N–H and O–H groups in total. The predicted octanol–water partition coefficient (Wildman–Crippen LogP) is 2.56. The summed E-state index contributed by atoms with van der Waals surface area (Å²) in [4.78, 5) is 20.9. The number of fused-ring (bicyclic) bond motifs is 1. The van der Waals surface area contributed by atoms with Gasteiger partial charge in [-0.25, -0.2) is 4.98 Å². The number of nitrogens with two attached hydrogens (primary N) is 1. The monoisotopic (exact) mass is 301 g/mol. The molecular formula is C16H23N5O. The Labute approximate surface area is 130 Å². The van der Waals surface area contributed by atoms with Crippen molar-refractivity contribution >= 4 is 28.6 Å². The van der Waals surface area contributed by atoms with E-state index < -0.39 is 0 Å². The molecule has 0 radical (unpaired) electrons. The second-order valence-corrected chi connectivity index (χ2v) is 5.54. The molecular weight excluding hydrogens is 278 g/mol. The molecule has 118 valence electrons. The Morgan fingerprint density at radius 1 is 1.32 bits per heavy atom. The summed E-state index contributed by atoms with van der Waals surface area (Å²) in [5.41, 5.74) is 7.00. The van der Waals surface area contributed by atoms with Gasteiger partial charge >= 0.3 is 0 Å². The average molecular weight is 301 g/mol. The number of carbonyl (C=O) groups is 1. The first-order valence-electron chi connectivity index (χ1n) is 7.64. The van der Waals surface area contributed by atoms with Gasteiger partial charge < -0.3 is 16.4 Å². The summed E-state index contributed by atoms with van der Waals surface area (Å²) in [6.07, 6.45) is 2.10. The molecule has 2 rings (SSSR count). The van der Waals surface area contributed by atoms with Gasteiger partial charge in [0.25, 0.3) is 5.91 Å². The number of benzene rings is 1. The molecule has 0 fully saturated rings. The third-order valence-electron chi connectivity index (χ3n) is 3.23.